The van der Waals surface area contributed by atoms with Gasteiger partial charge in [0.15, 0.2) is 0 Å². The lowest BCUT2D eigenvalue weighted by atomic mass is 10.0. The molecule has 0 saturated carbocycles. The number of aryl methyl sites for hydroxylation is 1. The monoisotopic (exact) mass is 224 g/mol. The summed E-state index contributed by atoms with van der Waals surface area (Å²) in [5.41, 5.74) is 5.95. The summed E-state index contributed by atoms with van der Waals surface area (Å²) >= 11 is 0. The van der Waals surface area contributed by atoms with Crippen molar-refractivity contribution < 1.29 is 9.18 Å². The van der Waals surface area contributed by atoms with Gasteiger partial charge in [0.2, 0.25) is 0 Å². The van der Waals surface area contributed by atoms with Gasteiger partial charge in [-0.25, -0.2) is 4.39 Å². The zero-order valence-corrected chi connectivity index (χ0v) is 9.80. The fourth-order valence-electron chi connectivity index (χ4n) is 1.22. The first-order chi connectivity index (χ1) is 7.35. The highest BCUT2D eigenvalue weighted by Gasteiger charge is 2.19. The van der Waals surface area contributed by atoms with Crippen LogP contribution in [0.15, 0.2) is 18.2 Å². The maximum absolute atomic E-state index is 13.0. The molecule has 1 aromatic rings. The van der Waals surface area contributed by atoms with E-state index in [1.807, 2.05) is 13.8 Å². The fourth-order valence-corrected chi connectivity index (χ4v) is 1.22. The number of amides is 1. The van der Waals surface area contributed by atoms with Crippen LogP contribution in [0.25, 0.3) is 0 Å². The number of rotatable bonds is 3. The summed E-state index contributed by atoms with van der Waals surface area (Å²) < 4.78 is 13.0. The molecule has 0 atom stereocenters. The van der Waals surface area contributed by atoms with E-state index in [9.17, 15) is 9.18 Å². The Morgan fingerprint density at radius 2 is 2.12 bits per heavy atom. The fraction of sp³-hybridized carbons (Fsp3) is 0.417. The number of nitrogens with two attached hydrogens (primary N) is 1. The number of benzene rings is 1. The third-order valence-corrected chi connectivity index (χ3v) is 2.38. The van der Waals surface area contributed by atoms with E-state index in [2.05, 4.69) is 5.32 Å². The maximum Gasteiger partial charge on any atom is 0.251 e. The second-order valence-corrected chi connectivity index (χ2v) is 4.51. The van der Waals surface area contributed by atoms with Crippen LogP contribution in [0.3, 0.4) is 0 Å². The number of carbonyl (C=O) groups is 1. The molecule has 1 amide bonds. The van der Waals surface area contributed by atoms with Crippen LogP contribution in [0.5, 0.6) is 0 Å². The predicted molar refractivity (Wildman–Crippen MR) is 61.7 cm³/mol. The van der Waals surface area contributed by atoms with Crippen LogP contribution >= 0.6 is 0 Å². The van der Waals surface area contributed by atoms with E-state index in [4.69, 9.17) is 5.73 Å². The van der Waals surface area contributed by atoms with Crippen molar-refractivity contribution in [1.82, 2.24) is 5.32 Å². The highest BCUT2D eigenvalue weighted by molar-refractivity contribution is 5.94. The molecule has 0 unspecified atom stereocenters. The zero-order chi connectivity index (χ0) is 12.3. The summed E-state index contributed by atoms with van der Waals surface area (Å²) in [4.78, 5) is 11.8. The number of hydrogen-bond acceptors (Lipinski definition) is 2. The minimum Gasteiger partial charge on any atom is -0.346 e. The number of nitrogens with one attached hydrogen (secondary N) is 1. The van der Waals surface area contributed by atoms with Crippen LogP contribution in [-0.2, 0) is 0 Å². The highest BCUT2D eigenvalue weighted by atomic mass is 19.1. The van der Waals surface area contributed by atoms with Gasteiger partial charge in [-0.1, -0.05) is 0 Å². The molecule has 0 saturated heterocycles. The first-order valence-corrected chi connectivity index (χ1v) is 5.14. The van der Waals surface area contributed by atoms with E-state index in [1.54, 1.807) is 6.92 Å². The van der Waals surface area contributed by atoms with Crippen molar-refractivity contribution in [2.24, 2.45) is 5.73 Å². The molecule has 1 aromatic carbocycles. The van der Waals surface area contributed by atoms with Crippen molar-refractivity contribution in [3.63, 3.8) is 0 Å². The molecule has 0 aliphatic heterocycles. The molecule has 0 spiro atoms. The van der Waals surface area contributed by atoms with Crippen molar-refractivity contribution in [1.29, 1.82) is 0 Å². The SMILES string of the molecule is Cc1cc(C(=O)NC(C)(C)CN)ccc1F. The van der Waals surface area contributed by atoms with Gasteiger partial charge in [-0.05, 0) is 44.5 Å². The van der Waals surface area contributed by atoms with Gasteiger partial charge in [0.1, 0.15) is 5.82 Å². The molecule has 0 radical (unpaired) electrons. The topological polar surface area (TPSA) is 55.1 Å². The Labute approximate surface area is 94.8 Å². The van der Waals surface area contributed by atoms with E-state index >= 15 is 0 Å². The van der Waals surface area contributed by atoms with Gasteiger partial charge in [0, 0.05) is 17.6 Å². The van der Waals surface area contributed by atoms with Gasteiger partial charge in [-0.3, -0.25) is 4.79 Å². The molecule has 0 aliphatic carbocycles. The lowest BCUT2D eigenvalue weighted by Crippen LogP contribution is -2.48. The quantitative estimate of drug-likeness (QED) is 0.819. The molecular weight excluding hydrogens is 207 g/mol. The zero-order valence-electron chi connectivity index (χ0n) is 9.80. The molecule has 3 nitrogen and oxygen atoms in total. The molecule has 3 N–H and O–H groups in total. The van der Waals surface area contributed by atoms with Crippen molar-refractivity contribution in [3.05, 3.63) is 35.1 Å². The maximum atomic E-state index is 13.0. The Bertz CT molecular complexity index is 402. The Balaban J connectivity index is 2.85. The Morgan fingerprint density at radius 1 is 1.50 bits per heavy atom. The van der Waals surface area contributed by atoms with Crippen LogP contribution in [0.1, 0.15) is 29.8 Å². The normalized spacial score (nSPS) is 11.3. The predicted octanol–water partition coefficient (Wildman–Crippen LogP) is 1.60. The number of hydrogen-bond donors (Lipinski definition) is 2. The van der Waals surface area contributed by atoms with E-state index in [-0.39, 0.29) is 11.7 Å². The second kappa shape index (κ2) is 4.61. The minimum absolute atomic E-state index is 0.237. The van der Waals surface area contributed by atoms with Crippen LogP contribution in [0, 0.1) is 12.7 Å². The van der Waals surface area contributed by atoms with E-state index < -0.39 is 5.54 Å². The van der Waals surface area contributed by atoms with Crippen molar-refractivity contribution in [3.8, 4) is 0 Å². The van der Waals surface area contributed by atoms with E-state index in [1.165, 1.54) is 18.2 Å². The van der Waals surface area contributed by atoms with Gasteiger partial charge in [-0.15, -0.1) is 0 Å². The molecule has 4 heteroatoms. The van der Waals surface area contributed by atoms with Gasteiger partial charge >= 0.3 is 0 Å². The molecule has 16 heavy (non-hydrogen) atoms. The Hall–Kier alpha value is -1.42. The van der Waals surface area contributed by atoms with E-state index in [0.717, 1.165) is 0 Å². The summed E-state index contributed by atoms with van der Waals surface area (Å²) in [5.74, 6) is -0.548. The number of halogens is 1. The lowest BCUT2D eigenvalue weighted by Gasteiger charge is -2.24. The molecule has 0 aliphatic rings. The molecule has 0 fully saturated rings. The minimum atomic E-state index is -0.459. The highest BCUT2D eigenvalue weighted by Crippen LogP contribution is 2.10. The van der Waals surface area contributed by atoms with Crippen molar-refractivity contribution >= 4 is 5.91 Å². The smallest absolute Gasteiger partial charge is 0.251 e. The summed E-state index contributed by atoms with van der Waals surface area (Å²) in [6.45, 7) is 5.64. The molecule has 1 rings (SSSR count). The lowest BCUT2D eigenvalue weighted by molar-refractivity contribution is 0.0915. The van der Waals surface area contributed by atoms with Crippen molar-refractivity contribution in [2.75, 3.05) is 6.54 Å². The molecule has 0 bridgehead atoms. The standard InChI is InChI=1S/C12H17FN2O/c1-8-6-9(4-5-10(8)13)11(16)15-12(2,3)7-14/h4-6H,7,14H2,1-3H3,(H,15,16). The molecular formula is C12H17FN2O. The summed E-state index contributed by atoms with van der Waals surface area (Å²) in [5, 5.41) is 2.78. The summed E-state index contributed by atoms with van der Waals surface area (Å²) in [6.07, 6.45) is 0. The molecule has 88 valence electrons. The Morgan fingerprint density at radius 3 is 2.62 bits per heavy atom. The van der Waals surface area contributed by atoms with Gasteiger partial charge in [0.25, 0.3) is 5.91 Å². The third-order valence-electron chi connectivity index (χ3n) is 2.38. The van der Waals surface area contributed by atoms with Crippen molar-refractivity contribution in [2.45, 2.75) is 26.3 Å². The first-order valence-electron chi connectivity index (χ1n) is 5.14. The third kappa shape index (κ3) is 3.03. The summed E-state index contributed by atoms with van der Waals surface area (Å²) in [7, 11) is 0. The van der Waals surface area contributed by atoms with Crippen LogP contribution in [0.4, 0.5) is 4.39 Å². The van der Waals surface area contributed by atoms with Crippen LogP contribution in [-0.4, -0.2) is 18.0 Å². The first kappa shape index (κ1) is 12.6. The van der Waals surface area contributed by atoms with Crippen LogP contribution < -0.4 is 11.1 Å². The van der Waals surface area contributed by atoms with E-state index in [0.29, 0.717) is 17.7 Å². The second-order valence-electron chi connectivity index (χ2n) is 4.51. The van der Waals surface area contributed by atoms with Gasteiger partial charge in [0.05, 0.1) is 0 Å². The van der Waals surface area contributed by atoms with Gasteiger partial charge in [-0.2, -0.15) is 0 Å². The molecule has 0 heterocycles. The Kier molecular flexibility index (Phi) is 3.65. The molecule has 0 aromatic heterocycles. The number of carbonyl (C=O) groups excluding carboxylic acids is 1. The average molecular weight is 224 g/mol. The van der Waals surface area contributed by atoms with Crippen LogP contribution in [0.2, 0.25) is 0 Å². The largest absolute Gasteiger partial charge is 0.346 e. The van der Waals surface area contributed by atoms with Gasteiger partial charge < -0.3 is 11.1 Å². The average Bonchev–Trinajstić information content (AvgIpc) is 2.21. The summed E-state index contributed by atoms with van der Waals surface area (Å²) in [6, 6.07) is 4.28.